The molecular weight excluding hydrogens is 248 g/mol. The molecule has 5 nitrogen and oxygen atoms in total. The van der Waals surface area contributed by atoms with Crippen LogP contribution in [-0.2, 0) is 4.74 Å². The number of aliphatic imine (C=N–C) groups is 1. The summed E-state index contributed by atoms with van der Waals surface area (Å²) in [5, 5.41) is 0. The Bertz CT molecular complexity index is 296. The van der Waals surface area contributed by atoms with Crippen LogP contribution in [0, 0.1) is 0 Å². The fourth-order valence-corrected chi connectivity index (χ4v) is 3.88. The molecule has 0 aromatic carbocycles. The Hall–Kier alpha value is -0.460. The van der Waals surface area contributed by atoms with Gasteiger partial charge >= 0.3 is 0 Å². The summed E-state index contributed by atoms with van der Waals surface area (Å²) >= 11 is 2.01. The number of rotatable bonds is 3. The van der Waals surface area contributed by atoms with E-state index in [1.807, 2.05) is 11.8 Å². The Morgan fingerprint density at radius 1 is 1.44 bits per heavy atom. The van der Waals surface area contributed by atoms with Crippen molar-refractivity contribution in [1.29, 1.82) is 0 Å². The van der Waals surface area contributed by atoms with Gasteiger partial charge in [-0.3, -0.25) is 4.99 Å². The lowest BCUT2D eigenvalue weighted by Crippen LogP contribution is -2.49. The van der Waals surface area contributed by atoms with E-state index >= 15 is 0 Å². The lowest BCUT2D eigenvalue weighted by molar-refractivity contribution is 0.0672. The third-order valence-electron chi connectivity index (χ3n) is 3.90. The molecule has 0 radical (unpaired) electrons. The second kappa shape index (κ2) is 6.12. The molecule has 0 bridgehead atoms. The molecule has 2 aliphatic rings. The average molecular weight is 272 g/mol. The average Bonchev–Trinajstić information content (AvgIpc) is 2.87. The van der Waals surface area contributed by atoms with Gasteiger partial charge in [0.2, 0.25) is 0 Å². The Morgan fingerprint density at radius 2 is 2.17 bits per heavy atom. The molecular formula is C12H24N4OS. The van der Waals surface area contributed by atoms with Gasteiger partial charge in [-0.25, -0.2) is 0 Å². The maximum atomic E-state index is 6.08. The monoisotopic (exact) mass is 272 g/mol. The fourth-order valence-electron chi connectivity index (χ4n) is 2.34. The van der Waals surface area contributed by atoms with Crippen molar-refractivity contribution in [3.8, 4) is 0 Å². The number of ether oxygens (including phenoxy) is 1. The molecule has 0 aromatic heterocycles. The summed E-state index contributed by atoms with van der Waals surface area (Å²) in [6, 6.07) is 0. The predicted octanol–water partition coefficient (Wildman–Crippen LogP) is 0.0706. The highest BCUT2D eigenvalue weighted by Crippen LogP contribution is 2.32. The van der Waals surface area contributed by atoms with Gasteiger partial charge in [0.05, 0.1) is 19.8 Å². The molecule has 0 aromatic rings. The Morgan fingerprint density at radius 3 is 2.72 bits per heavy atom. The first kappa shape index (κ1) is 14.0. The minimum absolute atomic E-state index is 0.196. The first-order valence-electron chi connectivity index (χ1n) is 6.52. The molecule has 0 spiro atoms. The van der Waals surface area contributed by atoms with Gasteiger partial charge in [0.15, 0.2) is 5.96 Å². The number of thioether (sulfide) groups is 1. The van der Waals surface area contributed by atoms with Crippen molar-refractivity contribution in [3.05, 3.63) is 0 Å². The largest absolute Gasteiger partial charge is 0.378 e. The highest BCUT2D eigenvalue weighted by molar-refractivity contribution is 7.99. The van der Waals surface area contributed by atoms with E-state index in [9.17, 15) is 0 Å². The molecule has 0 saturated carbocycles. The first-order chi connectivity index (χ1) is 8.64. The number of guanidine groups is 1. The minimum Gasteiger partial charge on any atom is -0.378 e. The summed E-state index contributed by atoms with van der Waals surface area (Å²) < 4.78 is 5.32. The summed E-state index contributed by atoms with van der Waals surface area (Å²) in [4.78, 5) is 9.06. The van der Waals surface area contributed by atoms with Crippen LogP contribution in [0.3, 0.4) is 0 Å². The van der Waals surface area contributed by atoms with Crippen LogP contribution < -0.4 is 5.73 Å². The van der Waals surface area contributed by atoms with E-state index in [1.54, 1.807) is 0 Å². The van der Waals surface area contributed by atoms with Gasteiger partial charge in [-0.2, -0.15) is 11.8 Å². The van der Waals surface area contributed by atoms with Crippen LogP contribution in [-0.4, -0.2) is 79.7 Å². The Balaban J connectivity index is 1.95. The number of hydrogen-bond acceptors (Lipinski definition) is 4. The van der Waals surface area contributed by atoms with E-state index in [0.717, 1.165) is 38.6 Å². The van der Waals surface area contributed by atoms with Gasteiger partial charge in [0.25, 0.3) is 0 Å². The van der Waals surface area contributed by atoms with Crippen molar-refractivity contribution >= 4 is 17.7 Å². The molecule has 18 heavy (non-hydrogen) atoms. The van der Waals surface area contributed by atoms with E-state index in [0.29, 0.717) is 5.96 Å². The van der Waals surface area contributed by atoms with Gasteiger partial charge in [0, 0.05) is 24.4 Å². The van der Waals surface area contributed by atoms with E-state index in [2.05, 4.69) is 28.9 Å². The summed E-state index contributed by atoms with van der Waals surface area (Å²) in [5.74, 6) is 3.06. The zero-order chi connectivity index (χ0) is 13.0. The van der Waals surface area contributed by atoms with Gasteiger partial charge in [-0.1, -0.05) is 0 Å². The molecule has 6 heteroatoms. The summed E-state index contributed by atoms with van der Waals surface area (Å²) in [7, 11) is 4.29. The van der Waals surface area contributed by atoms with Crippen LogP contribution in [0.15, 0.2) is 4.99 Å². The van der Waals surface area contributed by atoms with Gasteiger partial charge in [0.1, 0.15) is 0 Å². The van der Waals surface area contributed by atoms with Crippen LogP contribution >= 0.6 is 11.8 Å². The van der Waals surface area contributed by atoms with Crippen molar-refractivity contribution in [2.24, 2.45) is 10.7 Å². The fraction of sp³-hybridized carbons (Fsp3) is 0.917. The van der Waals surface area contributed by atoms with Gasteiger partial charge in [-0.05, 0) is 26.3 Å². The standard InChI is InChI=1S/C12H24N4OS/c1-15(2)12(3-8-18-10-12)9-14-11(13)16-4-6-17-7-5-16/h3-10H2,1-2H3,(H2,13,14). The SMILES string of the molecule is CN(C)C1(CN=C(N)N2CCOCC2)CCSC1. The number of nitrogens with two attached hydrogens (primary N) is 1. The molecule has 1 unspecified atom stereocenters. The first-order valence-corrected chi connectivity index (χ1v) is 7.67. The molecule has 0 aliphatic carbocycles. The van der Waals surface area contributed by atoms with E-state index in [-0.39, 0.29) is 5.54 Å². The van der Waals surface area contributed by atoms with Crippen LogP contribution in [0.1, 0.15) is 6.42 Å². The molecule has 104 valence electrons. The normalized spacial score (nSPS) is 30.2. The Kier molecular flexibility index (Phi) is 4.75. The number of nitrogens with zero attached hydrogens (tertiary/aromatic N) is 3. The molecule has 0 amide bonds. The quantitative estimate of drug-likeness (QED) is 0.582. The maximum Gasteiger partial charge on any atom is 0.191 e. The van der Waals surface area contributed by atoms with Crippen molar-refractivity contribution in [2.45, 2.75) is 12.0 Å². The number of hydrogen-bond donors (Lipinski definition) is 1. The number of likely N-dealkylation sites (N-methyl/N-ethyl adjacent to an activating group) is 1. The second-order valence-electron chi connectivity index (χ2n) is 5.20. The third-order valence-corrected chi connectivity index (χ3v) is 5.14. The van der Waals surface area contributed by atoms with Crippen molar-refractivity contribution in [3.63, 3.8) is 0 Å². The smallest absolute Gasteiger partial charge is 0.191 e. The van der Waals surface area contributed by atoms with Crippen LogP contribution in [0.2, 0.25) is 0 Å². The van der Waals surface area contributed by atoms with Gasteiger partial charge in [-0.15, -0.1) is 0 Å². The minimum atomic E-state index is 0.196. The Labute approximate surface area is 114 Å². The lowest BCUT2D eigenvalue weighted by Gasteiger charge is -2.35. The van der Waals surface area contributed by atoms with E-state index in [1.165, 1.54) is 12.2 Å². The molecule has 2 N–H and O–H groups in total. The molecule has 2 rings (SSSR count). The second-order valence-corrected chi connectivity index (χ2v) is 6.30. The number of morpholine rings is 1. The lowest BCUT2D eigenvalue weighted by atomic mass is 9.98. The van der Waals surface area contributed by atoms with Crippen molar-refractivity contribution in [1.82, 2.24) is 9.80 Å². The molecule has 2 fully saturated rings. The maximum absolute atomic E-state index is 6.08. The zero-order valence-corrected chi connectivity index (χ0v) is 12.2. The highest BCUT2D eigenvalue weighted by atomic mass is 32.2. The molecule has 2 saturated heterocycles. The van der Waals surface area contributed by atoms with E-state index in [4.69, 9.17) is 10.5 Å². The van der Waals surface area contributed by atoms with Gasteiger partial charge < -0.3 is 20.3 Å². The highest BCUT2D eigenvalue weighted by Gasteiger charge is 2.36. The van der Waals surface area contributed by atoms with Crippen LogP contribution in [0.4, 0.5) is 0 Å². The van der Waals surface area contributed by atoms with Crippen LogP contribution in [0.5, 0.6) is 0 Å². The molecule has 1 atom stereocenters. The summed E-state index contributed by atoms with van der Waals surface area (Å²) in [5.41, 5.74) is 6.28. The molecule has 2 aliphatic heterocycles. The summed E-state index contributed by atoms with van der Waals surface area (Å²) in [6.07, 6.45) is 1.20. The third kappa shape index (κ3) is 3.10. The van der Waals surface area contributed by atoms with Crippen LogP contribution in [0.25, 0.3) is 0 Å². The van der Waals surface area contributed by atoms with Crippen molar-refractivity contribution in [2.75, 3.05) is 58.4 Å². The zero-order valence-electron chi connectivity index (χ0n) is 11.4. The summed E-state index contributed by atoms with van der Waals surface area (Å²) in [6.45, 7) is 4.03. The topological polar surface area (TPSA) is 54.1 Å². The predicted molar refractivity (Wildman–Crippen MR) is 77.2 cm³/mol. The van der Waals surface area contributed by atoms with Crippen molar-refractivity contribution < 1.29 is 4.74 Å². The molecule has 2 heterocycles. The van der Waals surface area contributed by atoms with E-state index < -0.39 is 0 Å².